The maximum Gasteiger partial charge on any atom is 0.230 e. The summed E-state index contributed by atoms with van der Waals surface area (Å²) in [6, 6.07) is 8.27. The van der Waals surface area contributed by atoms with Crippen LogP contribution in [0.5, 0.6) is 0 Å². The van der Waals surface area contributed by atoms with E-state index in [0.717, 1.165) is 41.0 Å². The molecule has 23 heavy (non-hydrogen) atoms. The van der Waals surface area contributed by atoms with Gasteiger partial charge in [-0.05, 0) is 30.5 Å². The fourth-order valence-electron chi connectivity index (χ4n) is 1.85. The number of carbonyl (C=O) groups is 1. The Kier molecular flexibility index (Phi) is 7.35. The van der Waals surface area contributed by atoms with E-state index in [4.69, 9.17) is 0 Å². The molecule has 2 rings (SSSR count). The van der Waals surface area contributed by atoms with Gasteiger partial charge in [0.2, 0.25) is 11.0 Å². The molecule has 1 aromatic carbocycles. The molecule has 124 valence electrons. The highest BCUT2D eigenvalue weighted by atomic mass is 32.2. The van der Waals surface area contributed by atoms with Crippen molar-refractivity contribution in [3.63, 3.8) is 0 Å². The zero-order valence-corrected chi connectivity index (χ0v) is 15.1. The first kappa shape index (κ1) is 17.7. The summed E-state index contributed by atoms with van der Waals surface area (Å²) in [6.07, 6.45) is 3.12. The van der Waals surface area contributed by atoms with Crippen LogP contribution in [0.4, 0.5) is 10.8 Å². The summed E-state index contributed by atoms with van der Waals surface area (Å²) in [5.41, 5.74) is 2.30. The number of aryl methyl sites for hydroxylation is 1. The van der Waals surface area contributed by atoms with Crippen LogP contribution in [0.1, 0.15) is 32.3 Å². The highest BCUT2D eigenvalue weighted by Crippen LogP contribution is 2.27. The Morgan fingerprint density at radius 3 is 2.70 bits per heavy atom. The lowest BCUT2D eigenvalue weighted by Crippen LogP contribution is -2.25. The molecule has 0 saturated heterocycles. The number of carbonyl (C=O) groups excluding carboxylic acids is 1. The van der Waals surface area contributed by atoms with Crippen LogP contribution >= 0.6 is 23.1 Å². The van der Waals surface area contributed by atoms with Crippen molar-refractivity contribution in [2.24, 2.45) is 0 Å². The summed E-state index contributed by atoms with van der Waals surface area (Å²) in [4.78, 5) is 11.7. The molecule has 0 unspecified atom stereocenters. The van der Waals surface area contributed by atoms with Crippen molar-refractivity contribution in [1.82, 2.24) is 15.5 Å². The standard InChI is InChI=1S/C16H22N4OS2/c1-3-5-10-17-14(21)11-22-16-20-19-15(23-16)18-13-8-6-12(4-2)7-9-13/h6-9H,3-5,10-11H2,1-2H3,(H,17,21)(H,18,19). The van der Waals surface area contributed by atoms with Crippen molar-refractivity contribution in [3.8, 4) is 0 Å². The Labute approximate surface area is 145 Å². The Hall–Kier alpha value is -1.60. The Morgan fingerprint density at radius 2 is 2.00 bits per heavy atom. The van der Waals surface area contributed by atoms with Gasteiger partial charge in [-0.3, -0.25) is 4.79 Å². The van der Waals surface area contributed by atoms with E-state index in [-0.39, 0.29) is 5.91 Å². The first-order chi connectivity index (χ1) is 11.2. The Balaban J connectivity index is 1.79. The number of benzene rings is 1. The van der Waals surface area contributed by atoms with Gasteiger partial charge in [-0.15, -0.1) is 10.2 Å². The topological polar surface area (TPSA) is 66.9 Å². The van der Waals surface area contributed by atoms with Crippen LogP contribution in [-0.2, 0) is 11.2 Å². The number of amides is 1. The molecule has 0 saturated carbocycles. The molecular weight excluding hydrogens is 328 g/mol. The van der Waals surface area contributed by atoms with E-state index in [1.807, 2.05) is 12.1 Å². The van der Waals surface area contributed by atoms with Crippen molar-refractivity contribution in [1.29, 1.82) is 0 Å². The first-order valence-corrected chi connectivity index (χ1v) is 9.60. The summed E-state index contributed by atoms with van der Waals surface area (Å²) in [6.45, 7) is 4.98. The van der Waals surface area contributed by atoms with Crippen molar-refractivity contribution in [3.05, 3.63) is 29.8 Å². The summed E-state index contributed by atoms with van der Waals surface area (Å²) >= 11 is 2.87. The van der Waals surface area contributed by atoms with E-state index in [2.05, 4.69) is 46.8 Å². The molecule has 2 N–H and O–H groups in total. The third kappa shape index (κ3) is 6.19. The van der Waals surface area contributed by atoms with Crippen LogP contribution in [0.3, 0.4) is 0 Å². The molecular formula is C16H22N4OS2. The molecule has 0 atom stereocenters. The normalized spacial score (nSPS) is 10.5. The lowest BCUT2D eigenvalue weighted by Gasteiger charge is -2.03. The molecule has 0 radical (unpaired) electrons. The van der Waals surface area contributed by atoms with Gasteiger partial charge in [-0.25, -0.2) is 0 Å². The third-order valence-corrected chi connectivity index (χ3v) is 5.17. The second kappa shape index (κ2) is 9.52. The van der Waals surface area contributed by atoms with E-state index in [1.165, 1.54) is 28.7 Å². The van der Waals surface area contributed by atoms with E-state index in [0.29, 0.717) is 5.75 Å². The highest BCUT2D eigenvalue weighted by molar-refractivity contribution is 8.01. The predicted molar refractivity (Wildman–Crippen MR) is 97.7 cm³/mol. The number of hydrogen-bond donors (Lipinski definition) is 2. The minimum absolute atomic E-state index is 0.0447. The van der Waals surface area contributed by atoms with E-state index >= 15 is 0 Å². The fourth-order valence-corrected chi connectivity index (χ4v) is 3.45. The number of anilines is 2. The Morgan fingerprint density at radius 1 is 1.22 bits per heavy atom. The average Bonchev–Trinajstić information content (AvgIpc) is 3.01. The number of unbranched alkanes of at least 4 members (excludes halogenated alkanes) is 1. The number of rotatable bonds is 9. The molecule has 1 aromatic heterocycles. The smallest absolute Gasteiger partial charge is 0.230 e. The Bertz CT molecular complexity index is 613. The van der Waals surface area contributed by atoms with E-state index in [1.54, 1.807) is 0 Å². The number of aromatic nitrogens is 2. The lowest BCUT2D eigenvalue weighted by atomic mass is 10.1. The first-order valence-electron chi connectivity index (χ1n) is 7.80. The number of nitrogens with zero attached hydrogens (tertiary/aromatic N) is 2. The minimum atomic E-state index is 0.0447. The molecule has 0 spiro atoms. The molecule has 1 amide bonds. The molecule has 0 fully saturated rings. The number of hydrogen-bond acceptors (Lipinski definition) is 6. The number of thioether (sulfide) groups is 1. The van der Waals surface area contributed by atoms with Gasteiger partial charge in [0.25, 0.3) is 0 Å². The van der Waals surface area contributed by atoms with Gasteiger partial charge in [0.1, 0.15) is 0 Å². The molecule has 2 aromatic rings. The second-order valence-corrected chi connectivity index (χ2v) is 7.24. The fraction of sp³-hybridized carbons (Fsp3) is 0.438. The summed E-state index contributed by atoms with van der Waals surface area (Å²) in [5, 5.41) is 15.1. The SMILES string of the molecule is CCCCNC(=O)CSc1nnc(Nc2ccc(CC)cc2)s1. The second-order valence-electron chi connectivity index (χ2n) is 5.04. The molecule has 0 aliphatic carbocycles. The summed E-state index contributed by atoms with van der Waals surface area (Å²) < 4.78 is 0.795. The predicted octanol–water partition coefficient (Wildman–Crippen LogP) is 3.85. The van der Waals surface area contributed by atoms with Crippen LogP contribution in [0.2, 0.25) is 0 Å². The van der Waals surface area contributed by atoms with Crippen molar-refractivity contribution in [2.45, 2.75) is 37.4 Å². The van der Waals surface area contributed by atoms with Gasteiger partial charge in [-0.2, -0.15) is 0 Å². The van der Waals surface area contributed by atoms with Crippen LogP contribution in [0.25, 0.3) is 0 Å². The quantitative estimate of drug-likeness (QED) is 0.531. The zero-order valence-electron chi connectivity index (χ0n) is 13.5. The monoisotopic (exact) mass is 350 g/mol. The van der Waals surface area contributed by atoms with E-state index in [9.17, 15) is 4.79 Å². The van der Waals surface area contributed by atoms with Crippen LogP contribution < -0.4 is 10.6 Å². The number of nitrogens with one attached hydrogen (secondary N) is 2. The maximum atomic E-state index is 11.7. The van der Waals surface area contributed by atoms with Gasteiger partial charge in [0.15, 0.2) is 4.34 Å². The molecule has 7 heteroatoms. The molecule has 0 bridgehead atoms. The zero-order chi connectivity index (χ0) is 16.5. The van der Waals surface area contributed by atoms with Crippen LogP contribution in [-0.4, -0.2) is 28.4 Å². The molecule has 1 heterocycles. The van der Waals surface area contributed by atoms with Gasteiger partial charge < -0.3 is 10.6 Å². The van der Waals surface area contributed by atoms with Crippen LogP contribution in [0, 0.1) is 0 Å². The highest BCUT2D eigenvalue weighted by Gasteiger charge is 2.08. The average molecular weight is 351 g/mol. The van der Waals surface area contributed by atoms with Gasteiger partial charge >= 0.3 is 0 Å². The minimum Gasteiger partial charge on any atom is -0.355 e. The molecule has 0 aliphatic heterocycles. The lowest BCUT2D eigenvalue weighted by molar-refractivity contribution is -0.118. The van der Waals surface area contributed by atoms with Gasteiger partial charge in [0.05, 0.1) is 5.75 Å². The molecule has 0 aliphatic rings. The van der Waals surface area contributed by atoms with Crippen LogP contribution in [0.15, 0.2) is 28.6 Å². The van der Waals surface area contributed by atoms with Gasteiger partial charge in [0, 0.05) is 12.2 Å². The van der Waals surface area contributed by atoms with E-state index < -0.39 is 0 Å². The maximum absolute atomic E-state index is 11.7. The van der Waals surface area contributed by atoms with Gasteiger partial charge in [-0.1, -0.05) is 55.5 Å². The van der Waals surface area contributed by atoms with Crippen molar-refractivity contribution < 1.29 is 4.79 Å². The third-order valence-electron chi connectivity index (χ3n) is 3.20. The summed E-state index contributed by atoms with van der Waals surface area (Å²) in [7, 11) is 0. The van der Waals surface area contributed by atoms with Crippen molar-refractivity contribution >= 4 is 39.8 Å². The molecule has 5 nitrogen and oxygen atoms in total. The summed E-state index contributed by atoms with van der Waals surface area (Å²) in [5.74, 6) is 0.423. The largest absolute Gasteiger partial charge is 0.355 e. The van der Waals surface area contributed by atoms with Crippen molar-refractivity contribution in [2.75, 3.05) is 17.6 Å².